The zero-order valence-corrected chi connectivity index (χ0v) is 11.5. The molecule has 88 valence electrons. The average Bonchev–Trinajstić information content (AvgIpc) is 2.38. The minimum absolute atomic E-state index is 0.0911. The van der Waals surface area contributed by atoms with Crippen molar-refractivity contribution in [3.63, 3.8) is 0 Å². The van der Waals surface area contributed by atoms with E-state index in [0.29, 0.717) is 12.2 Å². The Hall–Kier alpha value is -1.17. The molecule has 0 radical (unpaired) electrons. The third kappa shape index (κ3) is 2.94. The SMILES string of the molecule is O=C(NCCCI)c1nccc2ccccc12. The summed E-state index contributed by atoms with van der Waals surface area (Å²) in [4.78, 5) is 16.1. The molecule has 0 saturated carbocycles. The van der Waals surface area contributed by atoms with Crippen molar-refractivity contribution < 1.29 is 4.79 Å². The highest BCUT2D eigenvalue weighted by Gasteiger charge is 2.10. The van der Waals surface area contributed by atoms with Crippen molar-refractivity contribution in [3.8, 4) is 0 Å². The van der Waals surface area contributed by atoms with Crippen molar-refractivity contribution >= 4 is 39.3 Å². The summed E-state index contributed by atoms with van der Waals surface area (Å²) in [7, 11) is 0. The fourth-order valence-corrected chi connectivity index (χ4v) is 2.03. The number of halogens is 1. The van der Waals surface area contributed by atoms with E-state index in [1.807, 2.05) is 30.3 Å². The van der Waals surface area contributed by atoms with Gasteiger partial charge >= 0.3 is 0 Å². The quantitative estimate of drug-likeness (QED) is 0.528. The van der Waals surface area contributed by atoms with Crippen molar-refractivity contribution in [2.75, 3.05) is 11.0 Å². The molecule has 0 aliphatic rings. The summed E-state index contributed by atoms with van der Waals surface area (Å²) in [5, 5.41) is 4.83. The van der Waals surface area contributed by atoms with Gasteiger partial charge in [-0.15, -0.1) is 0 Å². The molecule has 1 aromatic carbocycles. The summed E-state index contributed by atoms with van der Waals surface area (Å²) in [6.07, 6.45) is 2.66. The zero-order chi connectivity index (χ0) is 12.1. The molecule has 0 fully saturated rings. The van der Waals surface area contributed by atoms with Crippen molar-refractivity contribution in [1.29, 1.82) is 0 Å². The molecule has 17 heavy (non-hydrogen) atoms. The standard InChI is InChI=1S/C13H13IN2O/c14-7-3-8-16-13(17)12-11-5-2-1-4-10(11)6-9-15-12/h1-2,4-6,9H,3,7-8H2,(H,16,17). The molecule has 1 aromatic heterocycles. The van der Waals surface area contributed by atoms with E-state index in [2.05, 4.69) is 32.9 Å². The van der Waals surface area contributed by atoms with Crippen LogP contribution in [0.1, 0.15) is 16.9 Å². The number of amides is 1. The highest BCUT2D eigenvalue weighted by molar-refractivity contribution is 14.1. The Morgan fingerprint density at radius 1 is 1.29 bits per heavy atom. The van der Waals surface area contributed by atoms with Gasteiger partial charge in [-0.3, -0.25) is 9.78 Å². The summed E-state index contributed by atoms with van der Waals surface area (Å²) < 4.78 is 1.04. The topological polar surface area (TPSA) is 42.0 Å². The number of rotatable bonds is 4. The van der Waals surface area contributed by atoms with Gasteiger partial charge in [-0.25, -0.2) is 0 Å². The van der Waals surface area contributed by atoms with Crippen molar-refractivity contribution in [2.45, 2.75) is 6.42 Å². The van der Waals surface area contributed by atoms with Gasteiger partial charge < -0.3 is 5.32 Å². The van der Waals surface area contributed by atoms with Crippen LogP contribution in [0.25, 0.3) is 10.8 Å². The van der Waals surface area contributed by atoms with Crippen LogP contribution in [0.4, 0.5) is 0 Å². The van der Waals surface area contributed by atoms with E-state index in [-0.39, 0.29) is 5.91 Å². The maximum atomic E-state index is 12.0. The Morgan fingerprint density at radius 2 is 2.12 bits per heavy atom. The average molecular weight is 340 g/mol. The molecule has 0 aliphatic carbocycles. The smallest absolute Gasteiger partial charge is 0.270 e. The van der Waals surface area contributed by atoms with Gasteiger partial charge in [0.05, 0.1) is 0 Å². The maximum Gasteiger partial charge on any atom is 0.270 e. The van der Waals surface area contributed by atoms with Gasteiger partial charge in [-0.05, 0) is 17.9 Å². The van der Waals surface area contributed by atoms with Gasteiger partial charge in [-0.2, -0.15) is 0 Å². The number of carbonyl (C=O) groups excluding carboxylic acids is 1. The van der Waals surface area contributed by atoms with Gasteiger partial charge in [0.15, 0.2) is 0 Å². The molecule has 1 N–H and O–H groups in total. The van der Waals surface area contributed by atoms with E-state index in [1.165, 1.54) is 0 Å². The second-order valence-corrected chi connectivity index (χ2v) is 4.76. The fraction of sp³-hybridized carbons (Fsp3) is 0.231. The zero-order valence-electron chi connectivity index (χ0n) is 9.32. The van der Waals surface area contributed by atoms with Gasteiger partial charge in [0.2, 0.25) is 0 Å². The van der Waals surface area contributed by atoms with Crippen LogP contribution in [0.15, 0.2) is 36.5 Å². The van der Waals surface area contributed by atoms with E-state index in [0.717, 1.165) is 21.6 Å². The Bertz CT molecular complexity index is 522. The highest BCUT2D eigenvalue weighted by Crippen LogP contribution is 2.15. The molecule has 2 aromatic rings. The van der Waals surface area contributed by atoms with Crippen LogP contribution >= 0.6 is 22.6 Å². The van der Waals surface area contributed by atoms with Crippen molar-refractivity contribution in [3.05, 3.63) is 42.2 Å². The highest BCUT2D eigenvalue weighted by atomic mass is 127. The predicted molar refractivity (Wildman–Crippen MR) is 77.6 cm³/mol. The van der Waals surface area contributed by atoms with Crippen LogP contribution in [0.2, 0.25) is 0 Å². The lowest BCUT2D eigenvalue weighted by Crippen LogP contribution is -2.25. The molecule has 0 aliphatic heterocycles. The first kappa shape index (κ1) is 12.3. The minimum atomic E-state index is -0.0911. The van der Waals surface area contributed by atoms with Crippen LogP contribution in [0, 0.1) is 0 Å². The number of pyridine rings is 1. The van der Waals surface area contributed by atoms with E-state index in [9.17, 15) is 4.79 Å². The predicted octanol–water partition coefficient (Wildman–Crippen LogP) is 2.79. The molecular formula is C13H13IN2O. The lowest BCUT2D eigenvalue weighted by Gasteiger charge is -2.06. The molecule has 0 atom stereocenters. The van der Waals surface area contributed by atoms with Gasteiger partial charge in [0, 0.05) is 22.6 Å². The summed E-state index contributed by atoms with van der Waals surface area (Å²) in [6.45, 7) is 0.701. The molecule has 2 rings (SSSR count). The Kier molecular flexibility index (Phi) is 4.30. The summed E-state index contributed by atoms with van der Waals surface area (Å²) in [6, 6.07) is 9.71. The Labute approximate surface area is 114 Å². The van der Waals surface area contributed by atoms with Crippen LogP contribution in [-0.4, -0.2) is 21.9 Å². The van der Waals surface area contributed by atoms with E-state index in [1.54, 1.807) is 6.20 Å². The van der Waals surface area contributed by atoms with Crippen LogP contribution in [-0.2, 0) is 0 Å². The molecule has 1 amide bonds. The fourth-order valence-electron chi connectivity index (χ4n) is 1.65. The first-order valence-electron chi connectivity index (χ1n) is 5.51. The lowest BCUT2D eigenvalue weighted by molar-refractivity contribution is 0.0951. The molecule has 0 saturated heterocycles. The monoisotopic (exact) mass is 340 g/mol. The Balaban J connectivity index is 2.26. The van der Waals surface area contributed by atoms with E-state index >= 15 is 0 Å². The Morgan fingerprint density at radius 3 is 2.94 bits per heavy atom. The first-order valence-corrected chi connectivity index (χ1v) is 7.03. The number of benzene rings is 1. The van der Waals surface area contributed by atoms with Crippen LogP contribution < -0.4 is 5.32 Å². The summed E-state index contributed by atoms with van der Waals surface area (Å²) >= 11 is 2.30. The van der Waals surface area contributed by atoms with Gasteiger partial charge in [0.25, 0.3) is 5.91 Å². The van der Waals surface area contributed by atoms with Crippen LogP contribution in [0.3, 0.4) is 0 Å². The number of aromatic nitrogens is 1. The number of nitrogens with zero attached hydrogens (tertiary/aromatic N) is 1. The number of nitrogens with one attached hydrogen (secondary N) is 1. The van der Waals surface area contributed by atoms with Gasteiger partial charge in [0.1, 0.15) is 5.69 Å². The minimum Gasteiger partial charge on any atom is -0.351 e. The molecular weight excluding hydrogens is 327 g/mol. The lowest BCUT2D eigenvalue weighted by atomic mass is 10.1. The molecule has 3 nitrogen and oxygen atoms in total. The third-order valence-electron chi connectivity index (χ3n) is 2.48. The molecule has 0 unspecified atom stereocenters. The van der Waals surface area contributed by atoms with E-state index in [4.69, 9.17) is 0 Å². The molecule has 1 heterocycles. The molecule has 4 heteroatoms. The third-order valence-corrected chi connectivity index (χ3v) is 3.25. The van der Waals surface area contributed by atoms with E-state index < -0.39 is 0 Å². The number of fused-ring (bicyclic) bond motifs is 1. The maximum absolute atomic E-state index is 12.0. The number of hydrogen-bond donors (Lipinski definition) is 1. The summed E-state index contributed by atoms with van der Waals surface area (Å²) in [5.41, 5.74) is 0.511. The van der Waals surface area contributed by atoms with Crippen LogP contribution in [0.5, 0.6) is 0 Å². The van der Waals surface area contributed by atoms with Crippen molar-refractivity contribution in [1.82, 2.24) is 10.3 Å². The number of alkyl halides is 1. The number of hydrogen-bond acceptors (Lipinski definition) is 2. The first-order chi connectivity index (χ1) is 8.33. The number of carbonyl (C=O) groups is 1. The second-order valence-electron chi connectivity index (χ2n) is 3.68. The van der Waals surface area contributed by atoms with Crippen molar-refractivity contribution in [2.24, 2.45) is 0 Å². The molecule has 0 bridgehead atoms. The second kappa shape index (κ2) is 5.95. The molecule has 0 spiro atoms. The summed E-state index contributed by atoms with van der Waals surface area (Å²) in [5.74, 6) is -0.0911. The normalized spacial score (nSPS) is 10.4. The van der Waals surface area contributed by atoms with Gasteiger partial charge in [-0.1, -0.05) is 46.9 Å². The largest absolute Gasteiger partial charge is 0.351 e.